The van der Waals surface area contributed by atoms with Gasteiger partial charge in [0.2, 0.25) is 5.91 Å². The zero-order chi connectivity index (χ0) is 15.6. The number of nitrogens with one attached hydrogen (secondary N) is 1. The van der Waals surface area contributed by atoms with E-state index in [1.807, 2.05) is 17.0 Å². The van der Waals surface area contributed by atoms with Gasteiger partial charge in [-0.3, -0.25) is 4.79 Å². The molecule has 22 heavy (non-hydrogen) atoms. The fourth-order valence-electron chi connectivity index (χ4n) is 3.47. The van der Waals surface area contributed by atoms with Crippen LogP contribution in [0.5, 0.6) is 5.75 Å². The average Bonchev–Trinajstić information content (AvgIpc) is 2.87. The highest BCUT2D eigenvalue weighted by molar-refractivity contribution is 5.77. The summed E-state index contributed by atoms with van der Waals surface area (Å²) in [5, 5.41) is 3.65. The van der Waals surface area contributed by atoms with Crippen LogP contribution in [0.1, 0.15) is 51.1 Å². The van der Waals surface area contributed by atoms with Crippen LogP contribution in [0.4, 0.5) is 0 Å². The van der Waals surface area contributed by atoms with Gasteiger partial charge in [0.1, 0.15) is 11.4 Å². The third-order valence-electron chi connectivity index (χ3n) is 4.54. The quantitative estimate of drug-likeness (QED) is 0.850. The number of hydrogen-bond donors (Lipinski definition) is 1. The molecule has 1 amide bonds. The lowest BCUT2D eigenvalue weighted by molar-refractivity contribution is -0.127. The molecule has 0 saturated carbocycles. The van der Waals surface area contributed by atoms with Crippen LogP contribution in [-0.2, 0) is 4.79 Å². The van der Waals surface area contributed by atoms with Gasteiger partial charge in [-0.25, -0.2) is 0 Å². The molecule has 2 heterocycles. The molecule has 1 unspecified atom stereocenters. The molecule has 1 saturated heterocycles. The van der Waals surface area contributed by atoms with Gasteiger partial charge in [0.15, 0.2) is 0 Å². The van der Waals surface area contributed by atoms with Gasteiger partial charge in [0, 0.05) is 37.5 Å². The largest absolute Gasteiger partial charge is 0.487 e. The van der Waals surface area contributed by atoms with E-state index in [0.29, 0.717) is 11.9 Å². The number of benzene rings is 1. The first-order valence-corrected chi connectivity index (χ1v) is 8.34. The SMILES string of the molecule is CC1(C)CC(NCCCN2CCCC2=O)c2ccccc2O1. The van der Waals surface area contributed by atoms with Crippen LogP contribution in [0.25, 0.3) is 0 Å². The van der Waals surface area contributed by atoms with Crippen molar-refractivity contribution in [1.82, 2.24) is 10.2 Å². The second-order valence-corrected chi connectivity index (χ2v) is 6.95. The molecular weight excluding hydrogens is 276 g/mol. The molecule has 2 aliphatic heterocycles. The highest BCUT2D eigenvalue weighted by Crippen LogP contribution is 2.39. The molecule has 1 aromatic carbocycles. The summed E-state index contributed by atoms with van der Waals surface area (Å²) in [4.78, 5) is 13.6. The Morgan fingerprint density at radius 3 is 2.95 bits per heavy atom. The number of amides is 1. The smallest absolute Gasteiger partial charge is 0.222 e. The number of nitrogens with zero attached hydrogens (tertiary/aromatic N) is 1. The summed E-state index contributed by atoms with van der Waals surface area (Å²) in [7, 11) is 0. The zero-order valence-electron chi connectivity index (χ0n) is 13.6. The van der Waals surface area contributed by atoms with Crippen LogP contribution in [0.15, 0.2) is 24.3 Å². The second kappa shape index (κ2) is 6.29. The Hall–Kier alpha value is -1.55. The average molecular weight is 302 g/mol. The Morgan fingerprint density at radius 1 is 1.36 bits per heavy atom. The number of likely N-dealkylation sites (tertiary alicyclic amines) is 1. The minimum Gasteiger partial charge on any atom is -0.487 e. The molecule has 1 fully saturated rings. The summed E-state index contributed by atoms with van der Waals surface area (Å²) >= 11 is 0. The van der Waals surface area contributed by atoms with Crippen molar-refractivity contribution in [2.75, 3.05) is 19.6 Å². The third kappa shape index (κ3) is 3.43. The van der Waals surface area contributed by atoms with E-state index in [2.05, 4.69) is 31.3 Å². The van der Waals surface area contributed by atoms with Gasteiger partial charge in [-0.15, -0.1) is 0 Å². The van der Waals surface area contributed by atoms with Crippen LogP contribution in [0.3, 0.4) is 0 Å². The van der Waals surface area contributed by atoms with Crippen molar-refractivity contribution in [3.63, 3.8) is 0 Å². The van der Waals surface area contributed by atoms with E-state index < -0.39 is 0 Å². The minimum atomic E-state index is -0.142. The van der Waals surface area contributed by atoms with Crippen molar-refractivity contribution in [1.29, 1.82) is 0 Å². The molecule has 4 nitrogen and oxygen atoms in total. The Bertz CT molecular complexity index is 542. The molecular formula is C18H26N2O2. The summed E-state index contributed by atoms with van der Waals surface area (Å²) in [5.74, 6) is 1.31. The lowest BCUT2D eigenvalue weighted by atomic mass is 9.89. The Balaban J connectivity index is 1.54. The summed E-state index contributed by atoms with van der Waals surface area (Å²) in [6.07, 6.45) is 3.72. The summed E-state index contributed by atoms with van der Waals surface area (Å²) in [5.41, 5.74) is 1.11. The van der Waals surface area contributed by atoms with E-state index in [0.717, 1.165) is 51.1 Å². The van der Waals surface area contributed by atoms with E-state index in [-0.39, 0.29) is 5.60 Å². The lowest BCUT2D eigenvalue weighted by Crippen LogP contribution is -2.40. The molecule has 4 heteroatoms. The fraction of sp³-hybridized carbons (Fsp3) is 0.611. The summed E-state index contributed by atoms with van der Waals surface area (Å²) in [6, 6.07) is 8.61. The van der Waals surface area contributed by atoms with Gasteiger partial charge < -0.3 is 15.0 Å². The third-order valence-corrected chi connectivity index (χ3v) is 4.54. The van der Waals surface area contributed by atoms with Gasteiger partial charge in [-0.2, -0.15) is 0 Å². The molecule has 0 aromatic heterocycles. The molecule has 1 atom stereocenters. The van der Waals surface area contributed by atoms with Crippen molar-refractivity contribution in [3.05, 3.63) is 29.8 Å². The monoisotopic (exact) mass is 302 g/mol. The maximum atomic E-state index is 11.6. The van der Waals surface area contributed by atoms with E-state index in [9.17, 15) is 4.79 Å². The minimum absolute atomic E-state index is 0.142. The molecule has 0 radical (unpaired) electrons. The van der Waals surface area contributed by atoms with E-state index in [4.69, 9.17) is 4.74 Å². The predicted octanol–water partition coefficient (Wildman–Crippen LogP) is 2.89. The number of para-hydroxylation sites is 1. The Kier molecular flexibility index (Phi) is 4.39. The number of fused-ring (bicyclic) bond motifs is 1. The molecule has 3 rings (SSSR count). The van der Waals surface area contributed by atoms with Crippen LogP contribution in [0.2, 0.25) is 0 Å². The molecule has 0 aliphatic carbocycles. The Morgan fingerprint density at radius 2 is 2.18 bits per heavy atom. The first-order valence-electron chi connectivity index (χ1n) is 8.34. The number of carbonyl (C=O) groups excluding carboxylic acids is 1. The lowest BCUT2D eigenvalue weighted by Gasteiger charge is -2.38. The van der Waals surface area contributed by atoms with Gasteiger partial charge in [-0.1, -0.05) is 18.2 Å². The summed E-state index contributed by atoms with van der Waals surface area (Å²) < 4.78 is 6.06. The van der Waals surface area contributed by atoms with E-state index in [1.165, 1.54) is 5.56 Å². The zero-order valence-corrected chi connectivity index (χ0v) is 13.6. The molecule has 0 bridgehead atoms. The number of ether oxygens (including phenoxy) is 1. The molecule has 120 valence electrons. The van der Waals surface area contributed by atoms with Crippen LogP contribution in [-0.4, -0.2) is 36.0 Å². The number of hydrogen-bond acceptors (Lipinski definition) is 3. The van der Waals surface area contributed by atoms with Crippen molar-refractivity contribution in [3.8, 4) is 5.75 Å². The normalized spacial score (nSPS) is 23.3. The van der Waals surface area contributed by atoms with Gasteiger partial charge in [-0.05, 0) is 39.3 Å². The standard InChI is InChI=1S/C18H26N2O2/c1-18(2)13-15(14-7-3-4-8-16(14)22-18)19-10-6-12-20-11-5-9-17(20)21/h3-4,7-8,15,19H,5-6,9-13H2,1-2H3. The Labute approximate surface area is 132 Å². The summed E-state index contributed by atoms with van der Waals surface area (Å²) in [6.45, 7) is 7.02. The highest BCUT2D eigenvalue weighted by Gasteiger charge is 2.33. The molecule has 2 aliphatic rings. The predicted molar refractivity (Wildman–Crippen MR) is 86.9 cm³/mol. The first-order chi connectivity index (χ1) is 10.6. The number of carbonyl (C=O) groups is 1. The van der Waals surface area contributed by atoms with Crippen molar-refractivity contribution in [2.45, 2.75) is 51.2 Å². The topological polar surface area (TPSA) is 41.6 Å². The van der Waals surface area contributed by atoms with Gasteiger partial charge >= 0.3 is 0 Å². The van der Waals surface area contributed by atoms with Crippen LogP contribution < -0.4 is 10.1 Å². The number of rotatable bonds is 5. The van der Waals surface area contributed by atoms with Crippen LogP contribution >= 0.6 is 0 Å². The second-order valence-electron chi connectivity index (χ2n) is 6.95. The maximum Gasteiger partial charge on any atom is 0.222 e. The van der Waals surface area contributed by atoms with E-state index in [1.54, 1.807) is 0 Å². The molecule has 0 spiro atoms. The van der Waals surface area contributed by atoms with Crippen molar-refractivity contribution >= 4 is 5.91 Å². The fourth-order valence-corrected chi connectivity index (χ4v) is 3.47. The first kappa shape index (κ1) is 15.3. The maximum absolute atomic E-state index is 11.6. The molecule has 1 N–H and O–H groups in total. The van der Waals surface area contributed by atoms with Crippen LogP contribution in [0, 0.1) is 0 Å². The highest BCUT2D eigenvalue weighted by atomic mass is 16.5. The van der Waals surface area contributed by atoms with Crippen molar-refractivity contribution in [2.24, 2.45) is 0 Å². The molecule has 1 aromatic rings. The van der Waals surface area contributed by atoms with Gasteiger partial charge in [0.25, 0.3) is 0 Å². The van der Waals surface area contributed by atoms with Crippen molar-refractivity contribution < 1.29 is 9.53 Å². The van der Waals surface area contributed by atoms with E-state index >= 15 is 0 Å². The van der Waals surface area contributed by atoms with Gasteiger partial charge in [0.05, 0.1) is 0 Å².